The molecule has 1 unspecified atom stereocenters. The van der Waals surface area contributed by atoms with Crippen molar-refractivity contribution < 1.29 is 14.7 Å². The highest BCUT2D eigenvalue weighted by molar-refractivity contribution is 5.85. The summed E-state index contributed by atoms with van der Waals surface area (Å²) in [6, 6.07) is 3.35. The first-order valence-electron chi connectivity index (χ1n) is 7.45. The van der Waals surface area contributed by atoms with Crippen molar-refractivity contribution in [2.24, 2.45) is 5.92 Å². The van der Waals surface area contributed by atoms with E-state index in [0.717, 1.165) is 29.5 Å². The van der Waals surface area contributed by atoms with Crippen LogP contribution in [0.3, 0.4) is 0 Å². The second-order valence-corrected chi connectivity index (χ2v) is 6.19. The Balaban J connectivity index is 2.01. The van der Waals surface area contributed by atoms with Gasteiger partial charge in [0.25, 0.3) is 0 Å². The van der Waals surface area contributed by atoms with Crippen LogP contribution in [-0.4, -0.2) is 23.0 Å². The van der Waals surface area contributed by atoms with Gasteiger partial charge in [0.1, 0.15) is 6.04 Å². The van der Waals surface area contributed by atoms with Crippen LogP contribution >= 0.6 is 0 Å². The predicted molar refractivity (Wildman–Crippen MR) is 81.3 cm³/mol. The van der Waals surface area contributed by atoms with E-state index in [9.17, 15) is 14.7 Å². The molecule has 4 nitrogen and oxygen atoms in total. The number of nitrogens with one attached hydrogen (secondary N) is 1. The van der Waals surface area contributed by atoms with Crippen molar-refractivity contribution >= 4 is 11.9 Å². The Labute approximate surface area is 125 Å². The lowest BCUT2D eigenvalue weighted by Gasteiger charge is -2.16. The summed E-state index contributed by atoms with van der Waals surface area (Å²) in [6.07, 6.45) is 2.95. The van der Waals surface area contributed by atoms with Gasteiger partial charge in [0, 0.05) is 0 Å². The highest BCUT2D eigenvalue weighted by atomic mass is 16.4. The largest absolute Gasteiger partial charge is 0.480 e. The lowest BCUT2D eigenvalue weighted by atomic mass is 9.97. The second-order valence-electron chi connectivity index (χ2n) is 6.19. The zero-order valence-corrected chi connectivity index (χ0v) is 12.9. The fourth-order valence-corrected chi connectivity index (χ4v) is 2.80. The topological polar surface area (TPSA) is 66.4 Å². The number of hydrogen-bond donors (Lipinski definition) is 2. The molecular weight excluding hydrogens is 266 g/mol. The van der Waals surface area contributed by atoms with Gasteiger partial charge in [-0.2, -0.15) is 0 Å². The Bertz CT molecular complexity index is 538. The summed E-state index contributed by atoms with van der Waals surface area (Å²) in [7, 11) is 0. The van der Waals surface area contributed by atoms with E-state index in [4.69, 9.17) is 0 Å². The van der Waals surface area contributed by atoms with Crippen molar-refractivity contribution in [2.75, 3.05) is 0 Å². The molecular formula is C17H23NO3. The molecule has 0 radical (unpaired) electrons. The van der Waals surface area contributed by atoms with E-state index in [1.807, 2.05) is 20.8 Å². The second kappa shape index (κ2) is 6.29. The van der Waals surface area contributed by atoms with E-state index < -0.39 is 12.0 Å². The van der Waals surface area contributed by atoms with Gasteiger partial charge < -0.3 is 10.4 Å². The molecule has 1 atom stereocenters. The van der Waals surface area contributed by atoms with Gasteiger partial charge in [-0.05, 0) is 49.8 Å². The van der Waals surface area contributed by atoms with Crippen LogP contribution in [0.25, 0.3) is 0 Å². The summed E-state index contributed by atoms with van der Waals surface area (Å²) in [5.41, 5.74) is 4.33. The molecule has 0 spiro atoms. The zero-order valence-electron chi connectivity index (χ0n) is 12.9. The van der Waals surface area contributed by atoms with Crippen LogP contribution < -0.4 is 5.32 Å². The molecule has 0 heterocycles. The quantitative estimate of drug-likeness (QED) is 0.845. The van der Waals surface area contributed by atoms with E-state index >= 15 is 0 Å². The predicted octanol–water partition coefficient (Wildman–Crippen LogP) is 2.52. The fourth-order valence-electron chi connectivity index (χ4n) is 2.80. The number of hydrogen-bond acceptors (Lipinski definition) is 2. The Morgan fingerprint density at radius 2 is 1.81 bits per heavy atom. The summed E-state index contributed by atoms with van der Waals surface area (Å²) in [5.74, 6) is -0.681. The third kappa shape index (κ3) is 4.31. The van der Waals surface area contributed by atoms with Crippen molar-refractivity contribution in [3.63, 3.8) is 0 Å². The molecule has 1 fully saturated rings. The van der Waals surface area contributed by atoms with Crippen molar-refractivity contribution in [1.29, 1.82) is 0 Å². The number of carbonyl (C=O) groups is 2. The summed E-state index contributed by atoms with van der Waals surface area (Å²) < 4.78 is 0. The van der Waals surface area contributed by atoms with E-state index in [1.165, 1.54) is 5.56 Å². The van der Waals surface area contributed by atoms with Gasteiger partial charge in [0.05, 0.1) is 6.42 Å². The van der Waals surface area contributed by atoms with Crippen LogP contribution in [0.15, 0.2) is 12.1 Å². The van der Waals surface area contributed by atoms with Crippen LogP contribution in [0.2, 0.25) is 0 Å². The molecule has 0 saturated heterocycles. The van der Waals surface area contributed by atoms with Crippen LogP contribution in [0.5, 0.6) is 0 Å². The lowest BCUT2D eigenvalue weighted by molar-refractivity contribution is -0.142. The first-order chi connectivity index (χ1) is 9.86. The Morgan fingerprint density at radius 1 is 1.24 bits per heavy atom. The SMILES string of the molecule is Cc1cc(C)c(CC(=O)NC(CC2CC2)C(=O)O)c(C)c1. The maximum Gasteiger partial charge on any atom is 0.326 e. The third-order valence-corrected chi connectivity index (χ3v) is 4.08. The highest BCUT2D eigenvalue weighted by Crippen LogP contribution is 2.33. The highest BCUT2D eigenvalue weighted by Gasteiger charge is 2.30. The minimum absolute atomic E-state index is 0.210. The van der Waals surface area contributed by atoms with E-state index in [2.05, 4.69) is 17.4 Å². The summed E-state index contributed by atoms with van der Waals surface area (Å²) >= 11 is 0. The number of aliphatic carboxylic acids is 1. The molecule has 0 aliphatic heterocycles. The fraction of sp³-hybridized carbons (Fsp3) is 0.529. The molecule has 2 rings (SSSR count). The minimum atomic E-state index is -0.937. The molecule has 2 N–H and O–H groups in total. The first kappa shape index (κ1) is 15.5. The summed E-state index contributed by atoms with van der Waals surface area (Å²) in [4.78, 5) is 23.4. The molecule has 1 aromatic carbocycles. The van der Waals surface area contributed by atoms with E-state index in [0.29, 0.717) is 12.3 Å². The van der Waals surface area contributed by atoms with E-state index in [1.54, 1.807) is 0 Å². The minimum Gasteiger partial charge on any atom is -0.480 e. The molecule has 1 aliphatic carbocycles. The number of benzene rings is 1. The van der Waals surface area contributed by atoms with Crippen LogP contribution in [0.4, 0.5) is 0 Å². The van der Waals surface area contributed by atoms with Gasteiger partial charge in [0.15, 0.2) is 0 Å². The molecule has 1 amide bonds. The van der Waals surface area contributed by atoms with Crippen molar-refractivity contribution in [2.45, 2.75) is 52.5 Å². The number of rotatable bonds is 6. The van der Waals surface area contributed by atoms with Crippen LogP contribution in [0.1, 0.15) is 41.5 Å². The maximum absolute atomic E-state index is 12.1. The van der Waals surface area contributed by atoms with Gasteiger partial charge in [0.2, 0.25) is 5.91 Å². The third-order valence-electron chi connectivity index (χ3n) is 4.08. The molecule has 0 bridgehead atoms. The van der Waals surface area contributed by atoms with Crippen molar-refractivity contribution in [1.82, 2.24) is 5.32 Å². The average molecular weight is 289 g/mol. The molecule has 1 saturated carbocycles. The molecule has 114 valence electrons. The number of carbonyl (C=O) groups excluding carboxylic acids is 1. The van der Waals surface area contributed by atoms with Gasteiger partial charge >= 0.3 is 5.97 Å². The maximum atomic E-state index is 12.1. The van der Waals surface area contributed by atoms with Gasteiger partial charge in [-0.3, -0.25) is 4.79 Å². The molecule has 1 aromatic rings. The first-order valence-corrected chi connectivity index (χ1v) is 7.45. The van der Waals surface area contributed by atoms with Crippen molar-refractivity contribution in [3.8, 4) is 0 Å². The average Bonchev–Trinajstić information content (AvgIpc) is 3.16. The Hall–Kier alpha value is -1.84. The number of aryl methyl sites for hydroxylation is 3. The monoisotopic (exact) mass is 289 g/mol. The van der Waals surface area contributed by atoms with E-state index in [-0.39, 0.29) is 12.3 Å². The molecule has 21 heavy (non-hydrogen) atoms. The Morgan fingerprint density at radius 3 is 2.29 bits per heavy atom. The zero-order chi connectivity index (χ0) is 15.6. The smallest absolute Gasteiger partial charge is 0.326 e. The standard InChI is InChI=1S/C17H23NO3/c1-10-6-11(2)14(12(3)7-10)9-16(19)18-15(17(20)21)8-13-4-5-13/h6-7,13,15H,4-5,8-9H2,1-3H3,(H,18,19)(H,20,21). The normalized spacial score (nSPS) is 15.6. The number of amides is 1. The van der Waals surface area contributed by atoms with Crippen LogP contribution in [0, 0.1) is 26.7 Å². The van der Waals surface area contributed by atoms with Crippen molar-refractivity contribution in [3.05, 3.63) is 34.4 Å². The summed E-state index contributed by atoms with van der Waals surface area (Å²) in [6.45, 7) is 6.00. The van der Waals surface area contributed by atoms with Gasteiger partial charge in [-0.15, -0.1) is 0 Å². The lowest BCUT2D eigenvalue weighted by Crippen LogP contribution is -2.42. The Kier molecular flexibility index (Phi) is 4.66. The summed E-state index contributed by atoms with van der Waals surface area (Å²) in [5, 5.41) is 11.9. The van der Waals surface area contributed by atoms with Crippen LogP contribution in [-0.2, 0) is 16.0 Å². The number of carboxylic acids is 1. The molecule has 1 aliphatic rings. The molecule has 0 aromatic heterocycles. The van der Waals surface area contributed by atoms with Gasteiger partial charge in [-0.1, -0.05) is 30.5 Å². The number of carboxylic acid groups (broad SMARTS) is 1. The van der Waals surface area contributed by atoms with Gasteiger partial charge in [-0.25, -0.2) is 4.79 Å². The molecule has 4 heteroatoms.